The molecule has 1 aromatic rings. The van der Waals surface area contributed by atoms with E-state index in [0.29, 0.717) is 6.54 Å². The van der Waals surface area contributed by atoms with Gasteiger partial charge in [0, 0.05) is 15.9 Å². The van der Waals surface area contributed by atoms with Gasteiger partial charge in [0.25, 0.3) is 0 Å². The first-order valence-electron chi connectivity index (χ1n) is 3.76. The molecule has 4 heteroatoms. The van der Waals surface area contributed by atoms with Gasteiger partial charge in [-0.15, -0.1) is 0 Å². The lowest BCUT2D eigenvalue weighted by Crippen LogP contribution is -1.72. The van der Waals surface area contributed by atoms with Crippen molar-refractivity contribution in [2.75, 3.05) is 6.54 Å². The third-order valence-electron chi connectivity index (χ3n) is 1.41. The number of hydrogen-bond acceptors (Lipinski definition) is 1. The van der Waals surface area contributed by atoms with E-state index in [9.17, 15) is 0 Å². The minimum absolute atomic E-state index is 0.392. The molecule has 0 saturated carbocycles. The highest BCUT2D eigenvalue weighted by Crippen LogP contribution is 2.12. The first kappa shape index (κ1) is 9.84. The van der Waals surface area contributed by atoms with E-state index >= 15 is 0 Å². The molecule has 0 fully saturated rings. The number of halogens is 1. The third kappa shape index (κ3) is 3.78. The van der Waals surface area contributed by atoms with Crippen LogP contribution in [0.3, 0.4) is 0 Å². The van der Waals surface area contributed by atoms with Gasteiger partial charge in [0.1, 0.15) is 0 Å². The van der Waals surface area contributed by atoms with Crippen molar-refractivity contribution in [2.45, 2.75) is 0 Å². The van der Waals surface area contributed by atoms with Crippen molar-refractivity contribution in [1.29, 1.82) is 0 Å². The summed E-state index contributed by atoms with van der Waals surface area (Å²) in [5.74, 6) is 0. The van der Waals surface area contributed by atoms with Gasteiger partial charge in [0.05, 0.1) is 0 Å². The van der Waals surface area contributed by atoms with Crippen LogP contribution in [-0.4, -0.2) is 6.54 Å². The molecule has 0 aromatic heterocycles. The summed E-state index contributed by atoms with van der Waals surface area (Å²) in [5.41, 5.74) is 9.11. The van der Waals surface area contributed by atoms with Crippen molar-refractivity contribution in [3.8, 4) is 0 Å². The van der Waals surface area contributed by atoms with Crippen LogP contribution in [0.1, 0.15) is 5.56 Å². The Morgan fingerprint density at radius 1 is 1.54 bits per heavy atom. The van der Waals surface area contributed by atoms with E-state index in [1.807, 2.05) is 36.4 Å². The third-order valence-corrected chi connectivity index (χ3v) is 1.90. The Bertz CT molecular complexity index is 354. The molecule has 0 unspecified atom stereocenters. The first-order valence-corrected chi connectivity index (χ1v) is 4.55. The van der Waals surface area contributed by atoms with E-state index in [0.717, 1.165) is 10.0 Å². The molecule has 0 spiro atoms. The standard InChI is InChI=1S/C9H8BrN3/c10-9-5-1-3-8(7-9)4-2-6-12-13-11/h1-5,7H,6H2/b4-2+. The molecule has 66 valence electrons. The molecular formula is C9H8BrN3. The van der Waals surface area contributed by atoms with E-state index in [1.165, 1.54) is 0 Å². The number of benzene rings is 1. The van der Waals surface area contributed by atoms with Gasteiger partial charge in [0.15, 0.2) is 0 Å². The maximum Gasteiger partial charge on any atom is 0.0443 e. The summed E-state index contributed by atoms with van der Waals surface area (Å²) in [6.07, 6.45) is 3.74. The highest BCUT2D eigenvalue weighted by atomic mass is 79.9. The zero-order chi connectivity index (χ0) is 9.52. The second-order valence-corrected chi connectivity index (χ2v) is 3.29. The molecule has 1 aromatic carbocycles. The Hall–Kier alpha value is -1.25. The van der Waals surface area contributed by atoms with Crippen molar-refractivity contribution >= 4 is 22.0 Å². The molecule has 1 rings (SSSR count). The van der Waals surface area contributed by atoms with Crippen molar-refractivity contribution in [3.63, 3.8) is 0 Å². The number of hydrogen-bond donors (Lipinski definition) is 0. The summed E-state index contributed by atoms with van der Waals surface area (Å²) in [5, 5.41) is 3.39. The Kier molecular flexibility index (Phi) is 4.09. The summed E-state index contributed by atoms with van der Waals surface area (Å²) in [4.78, 5) is 2.65. The fourth-order valence-electron chi connectivity index (χ4n) is 0.883. The van der Waals surface area contributed by atoms with Gasteiger partial charge in [-0.2, -0.15) is 0 Å². The van der Waals surface area contributed by atoms with Crippen LogP contribution in [0.25, 0.3) is 16.5 Å². The SMILES string of the molecule is [N-]=[N+]=NC/C=C/c1cccc(Br)c1. The van der Waals surface area contributed by atoms with Crippen molar-refractivity contribution in [2.24, 2.45) is 5.11 Å². The molecular weight excluding hydrogens is 230 g/mol. The Labute approximate surface area is 84.8 Å². The van der Waals surface area contributed by atoms with Crippen LogP contribution in [0.2, 0.25) is 0 Å². The van der Waals surface area contributed by atoms with Crippen molar-refractivity contribution < 1.29 is 0 Å². The molecule has 0 atom stereocenters. The molecule has 13 heavy (non-hydrogen) atoms. The van der Waals surface area contributed by atoms with Crippen LogP contribution in [-0.2, 0) is 0 Å². The van der Waals surface area contributed by atoms with Gasteiger partial charge >= 0.3 is 0 Å². The average molecular weight is 238 g/mol. The molecule has 3 nitrogen and oxygen atoms in total. The number of rotatable bonds is 3. The molecule has 0 bridgehead atoms. The van der Waals surface area contributed by atoms with E-state index in [-0.39, 0.29) is 0 Å². The van der Waals surface area contributed by atoms with Crippen molar-refractivity contribution in [3.05, 3.63) is 50.8 Å². The van der Waals surface area contributed by atoms with Gasteiger partial charge < -0.3 is 0 Å². The number of azide groups is 1. The van der Waals surface area contributed by atoms with Gasteiger partial charge in [-0.05, 0) is 23.2 Å². The molecule has 0 aliphatic rings. The van der Waals surface area contributed by atoms with Crippen LogP contribution in [0, 0.1) is 0 Å². The van der Waals surface area contributed by atoms with Crippen LogP contribution >= 0.6 is 15.9 Å². The Balaban J connectivity index is 2.63. The molecule has 0 saturated heterocycles. The van der Waals surface area contributed by atoms with Gasteiger partial charge in [-0.1, -0.05) is 45.3 Å². The second-order valence-electron chi connectivity index (χ2n) is 2.37. The van der Waals surface area contributed by atoms with Crippen LogP contribution < -0.4 is 0 Å². The van der Waals surface area contributed by atoms with Gasteiger partial charge in [-0.25, -0.2) is 0 Å². The lowest BCUT2D eigenvalue weighted by Gasteiger charge is -1.92. The summed E-state index contributed by atoms with van der Waals surface area (Å²) in [7, 11) is 0. The predicted molar refractivity (Wildman–Crippen MR) is 57.2 cm³/mol. The summed E-state index contributed by atoms with van der Waals surface area (Å²) in [6.45, 7) is 0.392. The monoisotopic (exact) mass is 237 g/mol. The van der Waals surface area contributed by atoms with Gasteiger partial charge in [0.2, 0.25) is 0 Å². The maximum atomic E-state index is 8.02. The summed E-state index contributed by atoms with van der Waals surface area (Å²) in [6, 6.07) is 7.89. The lowest BCUT2D eigenvalue weighted by molar-refractivity contribution is 1.22. The largest absolute Gasteiger partial charge is 0.0899 e. The number of nitrogens with zero attached hydrogens (tertiary/aromatic N) is 3. The zero-order valence-electron chi connectivity index (χ0n) is 6.89. The quantitative estimate of drug-likeness (QED) is 0.437. The highest BCUT2D eigenvalue weighted by Gasteiger charge is 1.86. The van der Waals surface area contributed by atoms with E-state index in [1.54, 1.807) is 0 Å². The fraction of sp³-hybridized carbons (Fsp3) is 0.111. The molecule has 0 radical (unpaired) electrons. The Morgan fingerprint density at radius 2 is 2.38 bits per heavy atom. The average Bonchev–Trinajstić information content (AvgIpc) is 2.13. The molecule has 0 aliphatic heterocycles. The van der Waals surface area contributed by atoms with E-state index in [4.69, 9.17) is 5.53 Å². The van der Waals surface area contributed by atoms with Crippen LogP contribution in [0.5, 0.6) is 0 Å². The summed E-state index contributed by atoms with van der Waals surface area (Å²) >= 11 is 3.37. The van der Waals surface area contributed by atoms with Crippen molar-refractivity contribution in [1.82, 2.24) is 0 Å². The molecule has 0 amide bonds. The minimum Gasteiger partial charge on any atom is -0.0899 e. The highest BCUT2D eigenvalue weighted by molar-refractivity contribution is 9.10. The molecule has 0 heterocycles. The lowest BCUT2D eigenvalue weighted by atomic mass is 10.2. The molecule has 0 N–H and O–H groups in total. The van der Waals surface area contributed by atoms with Gasteiger partial charge in [-0.3, -0.25) is 0 Å². The normalized spacial score (nSPS) is 9.92. The summed E-state index contributed by atoms with van der Waals surface area (Å²) < 4.78 is 1.04. The fourth-order valence-corrected chi connectivity index (χ4v) is 1.30. The van der Waals surface area contributed by atoms with Crippen LogP contribution in [0.15, 0.2) is 39.9 Å². The van der Waals surface area contributed by atoms with E-state index in [2.05, 4.69) is 26.0 Å². The molecule has 0 aliphatic carbocycles. The maximum absolute atomic E-state index is 8.02. The zero-order valence-corrected chi connectivity index (χ0v) is 8.48. The minimum atomic E-state index is 0.392. The Morgan fingerprint density at radius 3 is 3.08 bits per heavy atom. The first-order chi connectivity index (χ1) is 6.33. The smallest absolute Gasteiger partial charge is 0.0443 e. The topological polar surface area (TPSA) is 48.8 Å². The van der Waals surface area contributed by atoms with E-state index < -0.39 is 0 Å². The van der Waals surface area contributed by atoms with Crippen LogP contribution in [0.4, 0.5) is 0 Å². The second kappa shape index (κ2) is 5.41. The predicted octanol–water partition coefficient (Wildman–Crippen LogP) is 3.77.